The lowest BCUT2D eigenvalue weighted by atomic mass is 10.0. The lowest BCUT2D eigenvalue weighted by Gasteiger charge is -2.08. The first-order valence-electron chi connectivity index (χ1n) is 10.2. The predicted molar refractivity (Wildman–Crippen MR) is 123 cm³/mol. The van der Waals surface area contributed by atoms with E-state index in [0.717, 1.165) is 16.9 Å². The Bertz CT molecular complexity index is 1370. The SMILES string of the molecule is COc1ccc(COC(=O)c2ccc3[nH]c(=O)c(Cc4ccc(C(=O)O)cc4)cc3c2)cc1. The molecule has 4 aromatic rings. The Morgan fingerprint density at radius 2 is 1.55 bits per heavy atom. The average Bonchev–Trinajstić information content (AvgIpc) is 2.83. The summed E-state index contributed by atoms with van der Waals surface area (Å²) < 4.78 is 10.5. The van der Waals surface area contributed by atoms with E-state index in [4.69, 9.17) is 14.6 Å². The van der Waals surface area contributed by atoms with Gasteiger partial charge in [-0.15, -0.1) is 0 Å². The number of hydrogen-bond donors (Lipinski definition) is 2. The van der Waals surface area contributed by atoms with Crippen molar-refractivity contribution in [1.82, 2.24) is 4.98 Å². The number of ether oxygens (including phenoxy) is 2. The summed E-state index contributed by atoms with van der Waals surface area (Å²) in [5.41, 5.74) is 3.08. The van der Waals surface area contributed by atoms with Crippen molar-refractivity contribution in [3.05, 3.63) is 111 Å². The molecule has 33 heavy (non-hydrogen) atoms. The van der Waals surface area contributed by atoms with Gasteiger partial charge in [0.25, 0.3) is 5.56 Å². The molecular formula is C26H21NO6. The number of pyridine rings is 1. The van der Waals surface area contributed by atoms with E-state index in [0.29, 0.717) is 28.5 Å². The molecule has 0 radical (unpaired) electrons. The minimum absolute atomic E-state index is 0.129. The monoisotopic (exact) mass is 443 g/mol. The summed E-state index contributed by atoms with van der Waals surface area (Å²) >= 11 is 0. The number of carboxylic acids is 1. The molecule has 166 valence electrons. The Balaban J connectivity index is 1.52. The highest BCUT2D eigenvalue weighted by Crippen LogP contribution is 2.18. The maximum Gasteiger partial charge on any atom is 0.338 e. The van der Waals surface area contributed by atoms with Gasteiger partial charge in [-0.1, -0.05) is 24.3 Å². The van der Waals surface area contributed by atoms with Crippen LogP contribution in [0.2, 0.25) is 0 Å². The fourth-order valence-corrected chi connectivity index (χ4v) is 3.45. The van der Waals surface area contributed by atoms with Gasteiger partial charge in [0.1, 0.15) is 12.4 Å². The van der Waals surface area contributed by atoms with Crippen molar-refractivity contribution in [2.45, 2.75) is 13.0 Å². The van der Waals surface area contributed by atoms with Gasteiger partial charge in [-0.3, -0.25) is 4.79 Å². The smallest absolute Gasteiger partial charge is 0.338 e. The highest BCUT2D eigenvalue weighted by atomic mass is 16.5. The van der Waals surface area contributed by atoms with Crippen LogP contribution in [0, 0.1) is 0 Å². The topological polar surface area (TPSA) is 106 Å². The molecule has 0 atom stereocenters. The lowest BCUT2D eigenvalue weighted by molar-refractivity contribution is 0.0472. The van der Waals surface area contributed by atoms with Crippen LogP contribution in [0.1, 0.15) is 37.4 Å². The number of aromatic nitrogens is 1. The molecule has 0 saturated heterocycles. The van der Waals surface area contributed by atoms with Crippen LogP contribution in [-0.2, 0) is 17.8 Å². The molecule has 0 aliphatic carbocycles. The van der Waals surface area contributed by atoms with Crippen molar-refractivity contribution in [2.75, 3.05) is 7.11 Å². The van der Waals surface area contributed by atoms with Crippen LogP contribution in [0.5, 0.6) is 5.75 Å². The van der Waals surface area contributed by atoms with E-state index in [1.807, 2.05) is 12.1 Å². The molecule has 0 amide bonds. The van der Waals surface area contributed by atoms with Crippen molar-refractivity contribution in [2.24, 2.45) is 0 Å². The van der Waals surface area contributed by atoms with E-state index in [9.17, 15) is 14.4 Å². The Hall–Kier alpha value is -4.39. The Morgan fingerprint density at radius 1 is 0.879 bits per heavy atom. The largest absolute Gasteiger partial charge is 0.497 e. The number of carboxylic acid groups (broad SMARTS) is 1. The highest BCUT2D eigenvalue weighted by molar-refractivity contribution is 5.94. The second-order valence-corrected chi connectivity index (χ2v) is 7.53. The molecule has 0 fully saturated rings. The summed E-state index contributed by atoms with van der Waals surface area (Å²) in [6.45, 7) is 0.129. The molecule has 3 aromatic carbocycles. The van der Waals surface area contributed by atoms with Crippen molar-refractivity contribution < 1.29 is 24.2 Å². The van der Waals surface area contributed by atoms with E-state index in [1.54, 1.807) is 55.6 Å². The van der Waals surface area contributed by atoms with E-state index < -0.39 is 11.9 Å². The lowest BCUT2D eigenvalue weighted by Crippen LogP contribution is -2.13. The number of carbonyl (C=O) groups is 2. The van der Waals surface area contributed by atoms with Crippen molar-refractivity contribution in [1.29, 1.82) is 0 Å². The van der Waals surface area contributed by atoms with Gasteiger partial charge in [-0.2, -0.15) is 0 Å². The quantitative estimate of drug-likeness (QED) is 0.415. The van der Waals surface area contributed by atoms with E-state index in [1.165, 1.54) is 12.1 Å². The number of nitrogens with one attached hydrogen (secondary N) is 1. The number of hydrogen-bond acceptors (Lipinski definition) is 5. The summed E-state index contributed by atoms with van der Waals surface area (Å²) in [6, 6.07) is 20.3. The molecule has 0 unspecified atom stereocenters. The van der Waals surface area contributed by atoms with Crippen LogP contribution in [0.25, 0.3) is 10.9 Å². The summed E-state index contributed by atoms with van der Waals surface area (Å²) in [5.74, 6) is -0.747. The number of benzene rings is 3. The standard InChI is InChI=1S/C26H21NO6/c1-32-22-9-4-17(5-10-22)15-33-26(31)19-8-11-23-20(13-19)14-21(24(28)27-23)12-16-2-6-18(7-3-16)25(29)30/h2-11,13-14H,12,15H2,1H3,(H,27,28)(H,29,30). The first kappa shape index (κ1) is 21.8. The molecule has 0 aliphatic heterocycles. The molecule has 0 saturated carbocycles. The molecule has 4 rings (SSSR count). The van der Waals surface area contributed by atoms with Crippen LogP contribution in [0.15, 0.2) is 77.6 Å². The van der Waals surface area contributed by atoms with Gasteiger partial charge in [0.15, 0.2) is 0 Å². The van der Waals surface area contributed by atoms with Crippen molar-refractivity contribution in [3.8, 4) is 5.75 Å². The number of esters is 1. The first-order chi connectivity index (χ1) is 15.9. The van der Waals surface area contributed by atoms with Crippen molar-refractivity contribution >= 4 is 22.8 Å². The Labute approximate surface area is 189 Å². The third-order valence-electron chi connectivity index (χ3n) is 5.28. The average molecular weight is 443 g/mol. The van der Waals surface area contributed by atoms with Gasteiger partial charge in [0, 0.05) is 17.5 Å². The molecule has 0 aliphatic rings. The summed E-state index contributed by atoms with van der Waals surface area (Å²) in [7, 11) is 1.59. The molecular weight excluding hydrogens is 422 g/mol. The summed E-state index contributed by atoms with van der Waals surface area (Å²) in [4.78, 5) is 38.9. The maximum atomic E-state index is 12.5. The number of carbonyl (C=O) groups excluding carboxylic acids is 1. The predicted octanol–water partition coefficient (Wildman–Crippen LogP) is 4.18. The number of rotatable bonds is 7. The minimum Gasteiger partial charge on any atom is -0.497 e. The van der Waals surface area contributed by atoms with E-state index >= 15 is 0 Å². The summed E-state index contributed by atoms with van der Waals surface area (Å²) in [6.07, 6.45) is 0.331. The molecule has 7 nitrogen and oxygen atoms in total. The van der Waals surface area contributed by atoms with Crippen molar-refractivity contribution in [3.63, 3.8) is 0 Å². The minimum atomic E-state index is -1.00. The zero-order valence-electron chi connectivity index (χ0n) is 17.8. The fourth-order valence-electron chi connectivity index (χ4n) is 3.45. The van der Waals surface area contributed by atoms with Gasteiger partial charge < -0.3 is 19.6 Å². The number of fused-ring (bicyclic) bond motifs is 1. The number of H-pyrrole nitrogens is 1. The van der Waals surface area contributed by atoms with Crippen LogP contribution in [0.3, 0.4) is 0 Å². The molecule has 1 heterocycles. The van der Waals surface area contributed by atoms with Crippen LogP contribution in [0.4, 0.5) is 0 Å². The number of aromatic carboxylic acids is 1. The van der Waals surface area contributed by atoms with Crippen LogP contribution in [-0.4, -0.2) is 29.1 Å². The van der Waals surface area contributed by atoms with E-state index in [-0.39, 0.29) is 17.7 Å². The van der Waals surface area contributed by atoms with Gasteiger partial charge >= 0.3 is 11.9 Å². The summed E-state index contributed by atoms with van der Waals surface area (Å²) in [5, 5.41) is 9.72. The number of methoxy groups -OCH3 is 1. The zero-order chi connectivity index (χ0) is 23.4. The second-order valence-electron chi connectivity index (χ2n) is 7.53. The molecule has 0 bridgehead atoms. The van der Waals surface area contributed by atoms with Gasteiger partial charge in [-0.25, -0.2) is 9.59 Å². The molecule has 7 heteroatoms. The fraction of sp³-hybridized carbons (Fsp3) is 0.115. The molecule has 2 N–H and O–H groups in total. The van der Waals surface area contributed by atoms with Gasteiger partial charge in [-0.05, 0) is 65.0 Å². The van der Waals surface area contributed by atoms with Crippen LogP contribution < -0.4 is 10.3 Å². The zero-order valence-corrected chi connectivity index (χ0v) is 17.8. The Morgan fingerprint density at radius 3 is 2.21 bits per heavy atom. The maximum absolute atomic E-state index is 12.5. The van der Waals surface area contributed by atoms with Gasteiger partial charge in [0.05, 0.1) is 18.2 Å². The molecule has 1 aromatic heterocycles. The first-order valence-corrected chi connectivity index (χ1v) is 10.2. The normalized spacial score (nSPS) is 10.7. The number of aromatic amines is 1. The third-order valence-corrected chi connectivity index (χ3v) is 5.28. The molecule has 0 spiro atoms. The Kier molecular flexibility index (Phi) is 6.22. The highest BCUT2D eigenvalue weighted by Gasteiger charge is 2.11. The third kappa shape index (κ3) is 5.10. The van der Waals surface area contributed by atoms with Gasteiger partial charge in [0.2, 0.25) is 0 Å². The van der Waals surface area contributed by atoms with E-state index in [2.05, 4.69) is 4.98 Å². The second kappa shape index (κ2) is 9.40. The van der Waals surface area contributed by atoms with Crippen LogP contribution >= 0.6 is 0 Å².